The molecular formula is C21H32ClN5O5S. The number of nitrogens with two attached hydrogens (primary N) is 1. The Morgan fingerprint density at radius 3 is 2.48 bits per heavy atom. The van der Waals surface area contributed by atoms with Crippen LogP contribution in [0.1, 0.15) is 31.2 Å². The molecule has 3 rings (SSSR count). The van der Waals surface area contributed by atoms with E-state index < -0.39 is 21.9 Å². The topological polar surface area (TPSA) is 155 Å². The van der Waals surface area contributed by atoms with E-state index in [1.54, 1.807) is 0 Å². The summed E-state index contributed by atoms with van der Waals surface area (Å²) in [4.78, 5) is 25.5. The molecule has 2 atom stereocenters. The maximum absolute atomic E-state index is 12.6. The lowest BCUT2D eigenvalue weighted by molar-refractivity contribution is -0.143. The zero-order valence-corrected chi connectivity index (χ0v) is 20.2. The van der Waals surface area contributed by atoms with Crippen molar-refractivity contribution < 1.29 is 22.7 Å². The van der Waals surface area contributed by atoms with E-state index in [9.17, 15) is 18.0 Å². The molecule has 2 fully saturated rings. The van der Waals surface area contributed by atoms with Gasteiger partial charge in [0.15, 0.2) is 0 Å². The van der Waals surface area contributed by atoms with E-state index in [0.717, 1.165) is 31.6 Å². The number of methoxy groups -OCH3 is 1. The third kappa shape index (κ3) is 7.58. The number of rotatable bonds is 9. The number of halogens is 1. The van der Waals surface area contributed by atoms with Crippen LogP contribution in [-0.4, -0.2) is 64.7 Å². The first-order valence-corrected chi connectivity index (χ1v) is 12.4. The second-order valence-electron chi connectivity index (χ2n) is 8.44. The smallest absolute Gasteiger partial charge is 0.306 e. The number of nitrogen functional groups attached to an aromatic ring is 1. The van der Waals surface area contributed by atoms with Crippen molar-refractivity contribution in [2.45, 2.75) is 31.7 Å². The van der Waals surface area contributed by atoms with E-state index in [1.165, 1.54) is 7.11 Å². The summed E-state index contributed by atoms with van der Waals surface area (Å²) < 4.78 is 32.3. The molecule has 33 heavy (non-hydrogen) atoms. The molecule has 1 aromatic rings. The molecule has 0 bridgehead atoms. The van der Waals surface area contributed by atoms with Crippen molar-refractivity contribution >= 4 is 45.8 Å². The van der Waals surface area contributed by atoms with Crippen molar-refractivity contribution in [3.8, 4) is 0 Å². The highest BCUT2D eigenvalue weighted by molar-refractivity contribution is 7.89. The van der Waals surface area contributed by atoms with E-state index in [4.69, 9.17) is 11.1 Å². The van der Waals surface area contributed by atoms with Crippen LogP contribution in [0.15, 0.2) is 24.3 Å². The summed E-state index contributed by atoms with van der Waals surface area (Å²) in [6.45, 7) is 1.63. The maximum atomic E-state index is 12.6. The normalized spacial score (nSPS) is 21.2. The van der Waals surface area contributed by atoms with Crippen LogP contribution in [0.25, 0.3) is 0 Å². The number of sulfonamides is 1. The van der Waals surface area contributed by atoms with E-state index in [1.807, 2.05) is 24.3 Å². The van der Waals surface area contributed by atoms with E-state index in [-0.39, 0.29) is 54.8 Å². The van der Waals surface area contributed by atoms with E-state index in [2.05, 4.69) is 19.7 Å². The Balaban J connectivity index is 0.00000385. The van der Waals surface area contributed by atoms with Crippen LogP contribution in [0.2, 0.25) is 0 Å². The summed E-state index contributed by atoms with van der Waals surface area (Å²) >= 11 is 0. The fourth-order valence-electron chi connectivity index (χ4n) is 4.23. The first kappa shape index (κ1) is 26.9. The number of piperidine rings is 1. The van der Waals surface area contributed by atoms with E-state index >= 15 is 0 Å². The molecule has 2 aliphatic heterocycles. The Hall–Kier alpha value is -2.37. The summed E-state index contributed by atoms with van der Waals surface area (Å²) in [6.07, 6.45) is 1.92. The molecule has 5 N–H and O–H groups in total. The SMILES string of the molecule is COC(=O)C[C@@H]1C[C@@H](CNS(=O)(=O)CC2CCN(c3ccc(C(=N)N)cc3)CC2)NC1=O.Cl. The summed E-state index contributed by atoms with van der Waals surface area (Å²) in [5.74, 6) is -1.03. The van der Waals surface area contributed by atoms with Gasteiger partial charge in [-0.1, -0.05) is 0 Å². The lowest BCUT2D eigenvalue weighted by atomic mass is 9.98. The Kier molecular flexibility index (Phi) is 9.50. The van der Waals surface area contributed by atoms with Gasteiger partial charge in [-0.2, -0.15) is 0 Å². The molecule has 184 valence electrons. The number of nitrogens with one attached hydrogen (secondary N) is 3. The highest BCUT2D eigenvalue weighted by Gasteiger charge is 2.34. The molecule has 12 heteroatoms. The van der Waals surface area contributed by atoms with Crippen LogP contribution in [-0.2, 0) is 24.3 Å². The molecule has 10 nitrogen and oxygen atoms in total. The molecule has 0 saturated carbocycles. The molecule has 2 saturated heterocycles. The minimum Gasteiger partial charge on any atom is -0.469 e. The lowest BCUT2D eigenvalue weighted by Gasteiger charge is -2.33. The maximum Gasteiger partial charge on any atom is 0.306 e. The highest BCUT2D eigenvalue weighted by atomic mass is 35.5. The molecule has 0 unspecified atom stereocenters. The first-order valence-electron chi connectivity index (χ1n) is 10.7. The molecule has 2 aliphatic rings. The molecule has 0 aliphatic carbocycles. The average molecular weight is 502 g/mol. The van der Waals surface area contributed by atoms with Gasteiger partial charge in [0.2, 0.25) is 15.9 Å². The fraction of sp³-hybridized carbons (Fsp3) is 0.571. The van der Waals surface area contributed by atoms with Crippen molar-refractivity contribution in [2.24, 2.45) is 17.6 Å². The summed E-state index contributed by atoms with van der Waals surface area (Å²) in [5.41, 5.74) is 7.20. The van der Waals surface area contributed by atoms with Crippen molar-refractivity contribution in [2.75, 3.05) is 37.4 Å². The Morgan fingerprint density at radius 2 is 1.91 bits per heavy atom. The average Bonchev–Trinajstić information content (AvgIpc) is 3.12. The number of hydrogen-bond acceptors (Lipinski definition) is 7. The number of amidine groups is 1. The quantitative estimate of drug-likeness (QED) is 0.219. The summed E-state index contributed by atoms with van der Waals surface area (Å²) in [7, 11) is -2.20. The molecule has 0 aromatic heterocycles. The number of nitrogens with zero attached hydrogens (tertiary/aromatic N) is 1. The Morgan fingerprint density at radius 1 is 1.27 bits per heavy atom. The van der Waals surface area contributed by atoms with Gasteiger partial charge in [-0.15, -0.1) is 12.4 Å². The molecular weight excluding hydrogens is 470 g/mol. The summed E-state index contributed by atoms with van der Waals surface area (Å²) in [5, 5.41) is 10.2. The number of carbonyl (C=O) groups is 2. The van der Waals surface area contributed by atoms with Gasteiger partial charge in [0.05, 0.1) is 25.2 Å². The largest absolute Gasteiger partial charge is 0.469 e. The molecule has 1 amide bonds. The first-order chi connectivity index (χ1) is 15.2. The van der Waals surface area contributed by atoms with Gasteiger partial charge in [-0.05, 0) is 49.4 Å². The second kappa shape index (κ2) is 11.7. The van der Waals surface area contributed by atoms with Gasteiger partial charge in [-0.3, -0.25) is 15.0 Å². The molecule has 1 aromatic carbocycles. The predicted molar refractivity (Wildman–Crippen MR) is 128 cm³/mol. The van der Waals surface area contributed by atoms with Gasteiger partial charge in [0.1, 0.15) is 5.84 Å². The number of amides is 1. The number of hydrogen-bond donors (Lipinski definition) is 4. The lowest BCUT2D eigenvalue weighted by Crippen LogP contribution is -2.42. The number of benzene rings is 1. The minimum atomic E-state index is -3.48. The molecule has 0 spiro atoms. The minimum absolute atomic E-state index is 0. The van der Waals surface area contributed by atoms with Crippen LogP contribution in [0, 0.1) is 17.2 Å². The zero-order valence-electron chi connectivity index (χ0n) is 18.6. The van der Waals surface area contributed by atoms with Gasteiger partial charge >= 0.3 is 5.97 Å². The highest BCUT2D eigenvalue weighted by Crippen LogP contribution is 2.25. The Labute approximate surface area is 200 Å². The standard InChI is InChI=1S/C21H31N5O5S.ClH/c1-31-19(27)11-16-10-17(25-21(16)28)12-24-32(29,30)13-14-6-8-26(9-7-14)18-4-2-15(3-5-18)20(22)23;/h2-5,14,16-17,24H,6-13H2,1H3,(H3,22,23)(H,25,28);1H/t16-,17-;/m0./s1. The third-order valence-electron chi connectivity index (χ3n) is 6.09. The van der Waals surface area contributed by atoms with Gasteiger partial charge in [0, 0.05) is 36.9 Å². The van der Waals surface area contributed by atoms with Crippen molar-refractivity contribution in [1.82, 2.24) is 10.0 Å². The Bertz CT molecular complexity index is 948. The van der Waals surface area contributed by atoms with Crippen molar-refractivity contribution in [1.29, 1.82) is 5.41 Å². The van der Waals surface area contributed by atoms with Crippen LogP contribution >= 0.6 is 12.4 Å². The molecule has 2 heterocycles. The van der Waals surface area contributed by atoms with Gasteiger partial charge in [-0.25, -0.2) is 13.1 Å². The number of esters is 1. The second-order valence-corrected chi connectivity index (χ2v) is 10.3. The third-order valence-corrected chi connectivity index (χ3v) is 7.61. The monoisotopic (exact) mass is 501 g/mol. The van der Waals surface area contributed by atoms with E-state index in [0.29, 0.717) is 12.0 Å². The predicted octanol–water partition coefficient (Wildman–Crippen LogP) is 0.596. The number of carbonyl (C=O) groups excluding carboxylic acids is 2. The van der Waals surface area contributed by atoms with Crippen LogP contribution in [0.3, 0.4) is 0 Å². The number of ether oxygens (including phenoxy) is 1. The van der Waals surface area contributed by atoms with Crippen molar-refractivity contribution in [3.63, 3.8) is 0 Å². The molecule has 0 radical (unpaired) electrons. The van der Waals surface area contributed by atoms with Crippen LogP contribution in [0.5, 0.6) is 0 Å². The zero-order chi connectivity index (χ0) is 23.3. The van der Waals surface area contributed by atoms with Crippen molar-refractivity contribution in [3.05, 3.63) is 29.8 Å². The fourth-order valence-corrected chi connectivity index (χ4v) is 5.76. The van der Waals surface area contributed by atoms with Gasteiger partial charge in [0.25, 0.3) is 0 Å². The summed E-state index contributed by atoms with van der Waals surface area (Å²) in [6, 6.07) is 7.16. The number of anilines is 1. The van der Waals surface area contributed by atoms with Crippen LogP contribution in [0.4, 0.5) is 5.69 Å². The van der Waals surface area contributed by atoms with Crippen LogP contribution < -0.4 is 20.7 Å². The van der Waals surface area contributed by atoms with Gasteiger partial charge < -0.3 is 20.7 Å².